The van der Waals surface area contributed by atoms with Crippen molar-refractivity contribution in [3.05, 3.63) is 34.3 Å². The van der Waals surface area contributed by atoms with E-state index in [4.69, 9.17) is 15.3 Å². The molecule has 1 aromatic rings. The summed E-state index contributed by atoms with van der Waals surface area (Å²) in [5.41, 5.74) is 3.05. The molecule has 18 heavy (non-hydrogen) atoms. The van der Waals surface area contributed by atoms with E-state index in [-0.39, 0.29) is 12.0 Å². The van der Waals surface area contributed by atoms with Gasteiger partial charge in [-0.3, -0.25) is 10.2 Å². The molecule has 0 aromatic heterocycles. The lowest BCUT2D eigenvalue weighted by Crippen LogP contribution is -2.44. The van der Waals surface area contributed by atoms with Gasteiger partial charge in [-0.15, -0.1) is 0 Å². The quantitative estimate of drug-likeness (QED) is 0.495. The monoisotopic (exact) mass is 314 g/mol. The van der Waals surface area contributed by atoms with Crippen molar-refractivity contribution in [3.63, 3.8) is 0 Å². The van der Waals surface area contributed by atoms with Gasteiger partial charge < -0.3 is 9.47 Å². The fourth-order valence-electron chi connectivity index (χ4n) is 1.99. The van der Waals surface area contributed by atoms with Crippen LogP contribution in [0.2, 0.25) is 0 Å². The van der Waals surface area contributed by atoms with Crippen LogP contribution >= 0.6 is 15.9 Å². The molecule has 0 radical (unpaired) electrons. The number of carbonyl (C=O) groups excluding carboxylic acids is 1. The standard InChI is InChI=1S/C12H15BrN2O3/c13-9-3-1-8(2-4-9)11(12(16)15-14)10-7-17-5-6-18-10/h1-4,10-11H,5-7,14H2,(H,15,16). The topological polar surface area (TPSA) is 73.6 Å². The molecule has 1 heterocycles. The Balaban J connectivity index is 2.23. The number of halogens is 1. The minimum atomic E-state index is -0.455. The summed E-state index contributed by atoms with van der Waals surface area (Å²) in [7, 11) is 0. The van der Waals surface area contributed by atoms with E-state index in [2.05, 4.69) is 21.4 Å². The number of nitrogens with two attached hydrogens (primary N) is 1. The van der Waals surface area contributed by atoms with Crippen LogP contribution in [-0.2, 0) is 14.3 Å². The largest absolute Gasteiger partial charge is 0.376 e. The van der Waals surface area contributed by atoms with E-state index in [9.17, 15) is 4.79 Å². The third-order valence-corrected chi connectivity index (χ3v) is 3.40. The molecule has 0 saturated carbocycles. The Hall–Kier alpha value is -0.950. The third-order valence-electron chi connectivity index (χ3n) is 2.87. The number of rotatable bonds is 3. The lowest BCUT2D eigenvalue weighted by Gasteiger charge is -2.29. The Morgan fingerprint density at radius 2 is 2.11 bits per heavy atom. The SMILES string of the molecule is NNC(=O)C(c1ccc(Br)cc1)C1COCCO1. The van der Waals surface area contributed by atoms with Crippen LogP contribution in [0.25, 0.3) is 0 Å². The maximum atomic E-state index is 11.9. The molecular weight excluding hydrogens is 300 g/mol. The lowest BCUT2D eigenvalue weighted by atomic mass is 9.92. The van der Waals surface area contributed by atoms with Crippen LogP contribution in [-0.4, -0.2) is 31.8 Å². The van der Waals surface area contributed by atoms with Crippen LogP contribution in [0, 0.1) is 0 Å². The molecule has 1 aromatic carbocycles. The van der Waals surface area contributed by atoms with Crippen molar-refractivity contribution >= 4 is 21.8 Å². The normalized spacial score (nSPS) is 21.3. The summed E-state index contributed by atoms with van der Waals surface area (Å²) in [6.45, 7) is 1.46. The van der Waals surface area contributed by atoms with E-state index in [1.165, 1.54) is 0 Å². The molecule has 2 unspecified atom stereocenters. The summed E-state index contributed by atoms with van der Waals surface area (Å²) in [6.07, 6.45) is -0.302. The maximum Gasteiger partial charge on any atom is 0.244 e. The zero-order valence-electron chi connectivity index (χ0n) is 9.77. The van der Waals surface area contributed by atoms with E-state index in [0.29, 0.717) is 19.8 Å². The van der Waals surface area contributed by atoms with Gasteiger partial charge in [-0.2, -0.15) is 0 Å². The highest BCUT2D eigenvalue weighted by Gasteiger charge is 2.32. The Kier molecular flexibility index (Phi) is 4.71. The number of nitrogens with one attached hydrogen (secondary N) is 1. The number of carbonyl (C=O) groups is 1. The van der Waals surface area contributed by atoms with Gasteiger partial charge in [0.05, 0.1) is 31.8 Å². The van der Waals surface area contributed by atoms with Crippen LogP contribution in [0.15, 0.2) is 28.7 Å². The molecule has 1 saturated heterocycles. The zero-order chi connectivity index (χ0) is 13.0. The molecule has 2 rings (SSSR count). The minimum Gasteiger partial charge on any atom is -0.376 e. The van der Waals surface area contributed by atoms with E-state index >= 15 is 0 Å². The van der Waals surface area contributed by atoms with Crippen LogP contribution in [0.3, 0.4) is 0 Å². The summed E-state index contributed by atoms with van der Waals surface area (Å²) < 4.78 is 11.9. The molecule has 6 heteroatoms. The fourth-order valence-corrected chi connectivity index (χ4v) is 2.26. The molecule has 2 atom stereocenters. The average Bonchev–Trinajstić information content (AvgIpc) is 2.42. The number of amides is 1. The highest BCUT2D eigenvalue weighted by atomic mass is 79.9. The Labute approximate surface area is 114 Å². The van der Waals surface area contributed by atoms with Crippen molar-refractivity contribution in [2.75, 3.05) is 19.8 Å². The van der Waals surface area contributed by atoms with Crippen LogP contribution in [0.1, 0.15) is 11.5 Å². The van der Waals surface area contributed by atoms with Gasteiger partial charge in [0.1, 0.15) is 0 Å². The Bertz CT molecular complexity index is 404. The number of hydrogen-bond donors (Lipinski definition) is 2. The molecule has 0 spiro atoms. The van der Waals surface area contributed by atoms with Gasteiger partial charge in [-0.05, 0) is 17.7 Å². The second-order valence-electron chi connectivity index (χ2n) is 4.02. The highest BCUT2D eigenvalue weighted by molar-refractivity contribution is 9.10. The molecule has 5 nitrogen and oxygen atoms in total. The molecule has 3 N–H and O–H groups in total. The van der Waals surface area contributed by atoms with Crippen molar-refractivity contribution < 1.29 is 14.3 Å². The third kappa shape index (κ3) is 3.08. The first-order valence-corrected chi connectivity index (χ1v) is 6.47. The second kappa shape index (κ2) is 6.29. The van der Waals surface area contributed by atoms with Crippen molar-refractivity contribution in [3.8, 4) is 0 Å². The van der Waals surface area contributed by atoms with Crippen molar-refractivity contribution in [2.45, 2.75) is 12.0 Å². The molecule has 0 bridgehead atoms. The van der Waals surface area contributed by atoms with Gasteiger partial charge in [-0.1, -0.05) is 28.1 Å². The van der Waals surface area contributed by atoms with Gasteiger partial charge in [0.2, 0.25) is 5.91 Å². The van der Waals surface area contributed by atoms with Crippen LogP contribution in [0.5, 0.6) is 0 Å². The predicted octanol–water partition coefficient (Wildman–Crippen LogP) is 0.938. The van der Waals surface area contributed by atoms with E-state index in [1.807, 2.05) is 24.3 Å². The smallest absolute Gasteiger partial charge is 0.244 e. The van der Waals surface area contributed by atoms with Crippen molar-refractivity contribution in [1.29, 1.82) is 0 Å². The van der Waals surface area contributed by atoms with Crippen LogP contribution < -0.4 is 11.3 Å². The fraction of sp³-hybridized carbons (Fsp3) is 0.417. The summed E-state index contributed by atoms with van der Waals surface area (Å²) in [5.74, 6) is 4.52. The zero-order valence-corrected chi connectivity index (χ0v) is 11.4. The molecular formula is C12H15BrN2O3. The predicted molar refractivity (Wildman–Crippen MR) is 69.8 cm³/mol. The second-order valence-corrected chi connectivity index (χ2v) is 4.94. The average molecular weight is 315 g/mol. The number of hydrazine groups is 1. The molecule has 0 aliphatic carbocycles. The first-order chi connectivity index (χ1) is 8.72. The first-order valence-electron chi connectivity index (χ1n) is 5.67. The number of benzene rings is 1. The molecule has 1 fully saturated rings. The van der Waals surface area contributed by atoms with Crippen molar-refractivity contribution in [1.82, 2.24) is 5.43 Å². The van der Waals surface area contributed by atoms with E-state index in [1.54, 1.807) is 0 Å². The van der Waals surface area contributed by atoms with E-state index < -0.39 is 5.92 Å². The van der Waals surface area contributed by atoms with Gasteiger partial charge in [0.15, 0.2) is 0 Å². The Morgan fingerprint density at radius 3 is 2.67 bits per heavy atom. The summed E-state index contributed by atoms with van der Waals surface area (Å²) in [5, 5.41) is 0. The maximum absolute atomic E-state index is 11.9. The lowest BCUT2D eigenvalue weighted by molar-refractivity contribution is -0.135. The molecule has 1 aliphatic rings. The van der Waals surface area contributed by atoms with Gasteiger partial charge >= 0.3 is 0 Å². The van der Waals surface area contributed by atoms with Gasteiger partial charge in [0.25, 0.3) is 0 Å². The summed E-state index contributed by atoms with van der Waals surface area (Å²) in [6, 6.07) is 7.52. The van der Waals surface area contributed by atoms with Gasteiger partial charge in [-0.25, -0.2) is 5.84 Å². The number of ether oxygens (including phenoxy) is 2. The molecule has 1 aliphatic heterocycles. The summed E-state index contributed by atoms with van der Waals surface area (Å²) in [4.78, 5) is 11.9. The first kappa shape index (κ1) is 13.5. The van der Waals surface area contributed by atoms with Crippen LogP contribution in [0.4, 0.5) is 0 Å². The van der Waals surface area contributed by atoms with Gasteiger partial charge in [0, 0.05) is 4.47 Å². The minimum absolute atomic E-state index is 0.271. The summed E-state index contributed by atoms with van der Waals surface area (Å²) >= 11 is 3.36. The highest BCUT2D eigenvalue weighted by Crippen LogP contribution is 2.25. The van der Waals surface area contributed by atoms with Crippen molar-refractivity contribution in [2.24, 2.45) is 5.84 Å². The Morgan fingerprint density at radius 1 is 1.39 bits per heavy atom. The van der Waals surface area contributed by atoms with E-state index in [0.717, 1.165) is 10.0 Å². The molecule has 98 valence electrons. The number of hydrogen-bond acceptors (Lipinski definition) is 4. The molecule has 1 amide bonds.